The Kier molecular flexibility index (Phi) is 15.1. The predicted octanol–water partition coefficient (Wildman–Crippen LogP) is 5.70. The second kappa shape index (κ2) is 20.6. The molecule has 0 aromatic heterocycles. The highest BCUT2D eigenvalue weighted by Gasteiger charge is 2.53. The largest absolute Gasteiger partial charge is 0.459 e. The first-order chi connectivity index (χ1) is 25.9. The number of carbonyl (C=O) groups is 4. The zero-order chi connectivity index (χ0) is 37.3. The van der Waals surface area contributed by atoms with E-state index in [0.29, 0.717) is 19.8 Å². The summed E-state index contributed by atoms with van der Waals surface area (Å²) in [4.78, 5) is 53.9. The van der Waals surface area contributed by atoms with Crippen LogP contribution < -0.4 is 0 Å². The van der Waals surface area contributed by atoms with Crippen molar-refractivity contribution in [3.63, 3.8) is 0 Å². The van der Waals surface area contributed by atoms with Crippen molar-refractivity contribution >= 4 is 23.9 Å². The molecule has 2 unspecified atom stereocenters. The quantitative estimate of drug-likeness (QED) is 0.0705. The summed E-state index contributed by atoms with van der Waals surface area (Å²) in [5, 5.41) is 0. The highest BCUT2D eigenvalue weighted by atomic mass is 16.7. The fraction of sp³-hybridized carbons (Fsp3) is 0.317. The van der Waals surface area contributed by atoms with Gasteiger partial charge in [0.15, 0.2) is 24.6 Å². The first-order valence-corrected chi connectivity index (χ1v) is 17.4. The van der Waals surface area contributed by atoms with E-state index in [4.69, 9.17) is 37.9 Å². The van der Waals surface area contributed by atoms with Gasteiger partial charge in [-0.2, -0.15) is 0 Å². The Labute approximate surface area is 307 Å². The summed E-state index contributed by atoms with van der Waals surface area (Å²) in [6.07, 6.45) is -6.22. The van der Waals surface area contributed by atoms with Gasteiger partial charge >= 0.3 is 23.9 Å². The standard InChI is InChI=1S/C41H42O12/c1-2-23-46-24-25-47-26-27-48-41-36(53-40(45)32-21-13-6-14-22-32)35(52-39(44)31-19-11-5-12-20-31)34(51-38(43)30-17-9-4-10-18-30)33(50-41)28-49-37(42)29-15-7-3-8-16-29/h3-22,33-36,41H,2,23-28H2,1H3/t33?,34-,35+,36?,41+/m1/s1. The Bertz CT molecular complexity index is 1720. The molecule has 0 N–H and O–H groups in total. The molecule has 1 aliphatic heterocycles. The Morgan fingerprint density at radius 1 is 0.491 bits per heavy atom. The third-order valence-electron chi connectivity index (χ3n) is 7.97. The van der Waals surface area contributed by atoms with Gasteiger partial charge in [-0.05, 0) is 55.0 Å². The number of benzene rings is 4. The molecule has 1 heterocycles. The summed E-state index contributed by atoms with van der Waals surface area (Å²) in [6.45, 7) is 2.95. The SMILES string of the molecule is CCCOCCOCCO[C@H]1OC(COC(=O)c2ccccc2)[C@@H](OC(=O)c2ccccc2)[C@H](OC(=O)c2ccccc2)C1OC(=O)c1ccccc1. The zero-order valence-electron chi connectivity index (χ0n) is 29.3. The molecule has 0 bridgehead atoms. The van der Waals surface area contributed by atoms with Crippen molar-refractivity contribution < 1.29 is 57.1 Å². The van der Waals surface area contributed by atoms with Crippen LogP contribution in [0.15, 0.2) is 121 Å². The van der Waals surface area contributed by atoms with Gasteiger partial charge in [-0.3, -0.25) is 0 Å². The third kappa shape index (κ3) is 11.5. The first kappa shape index (κ1) is 38.8. The van der Waals surface area contributed by atoms with Crippen LogP contribution in [0, 0.1) is 0 Å². The van der Waals surface area contributed by atoms with Crippen LogP contribution in [-0.2, 0) is 37.9 Å². The van der Waals surface area contributed by atoms with Gasteiger partial charge < -0.3 is 37.9 Å². The minimum atomic E-state index is -1.51. The minimum absolute atomic E-state index is 0.0395. The van der Waals surface area contributed by atoms with Gasteiger partial charge in [-0.15, -0.1) is 0 Å². The van der Waals surface area contributed by atoms with Crippen molar-refractivity contribution in [2.75, 3.05) is 39.6 Å². The highest BCUT2D eigenvalue weighted by molar-refractivity contribution is 5.91. The van der Waals surface area contributed by atoms with Gasteiger partial charge in [-0.25, -0.2) is 19.2 Å². The van der Waals surface area contributed by atoms with Gasteiger partial charge in [0.25, 0.3) is 0 Å². The zero-order valence-corrected chi connectivity index (χ0v) is 29.3. The van der Waals surface area contributed by atoms with E-state index in [1.807, 2.05) is 6.92 Å². The molecular formula is C41H42O12. The van der Waals surface area contributed by atoms with Gasteiger partial charge in [0, 0.05) is 6.61 Å². The lowest BCUT2D eigenvalue weighted by Crippen LogP contribution is -2.63. The van der Waals surface area contributed by atoms with Crippen LogP contribution >= 0.6 is 0 Å². The Morgan fingerprint density at radius 2 is 0.887 bits per heavy atom. The summed E-state index contributed by atoms with van der Waals surface area (Å²) >= 11 is 0. The van der Waals surface area contributed by atoms with Crippen molar-refractivity contribution in [3.05, 3.63) is 144 Å². The fourth-order valence-corrected chi connectivity index (χ4v) is 5.35. The summed E-state index contributed by atoms with van der Waals surface area (Å²) in [5.74, 6) is -3.03. The summed E-state index contributed by atoms with van der Waals surface area (Å²) in [7, 11) is 0. The molecule has 4 aromatic rings. The van der Waals surface area contributed by atoms with E-state index in [2.05, 4.69) is 0 Å². The molecule has 53 heavy (non-hydrogen) atoms. The Morgan fingerprint density at radius 3 is 1.36 bits per heavy atom. The molecule has 0 amide bonds. The summed E-state index contributed by atoms with van der Waals surface area (Å²) < 4.78 is 47.3. The molecule has 0 spiro atoms. The van der Waals surface area contributed by atoms with Crippen LogP contribution in [0.25, 0.3) is 0 Å². The molecule has 0 radical (unpaired) electrons. The predicted molar refractivity (Wildman–Crippen MR) is 190 cm³/mol. The maximum absolute atomic E-state index is 13.7. The number of carbonyl (C=O) groups excluding carboxylic acids is 4. The van der Waals surface area contributed by atoms with Crippen molar-refractivity contribution in [3.8, 4) is 0 Å². The fourth-order valence-electron chi connectivity index (χ4n) is 5.35. The minimum Gasteiger partial charge on any atom is -0.459 e. The van der Waals surface area contributed by atoms with Crippen molar-refractivity contribution in [2.24, 2.45) is 0 Å². The molecule has 12 heteroatoms. The molecule has 1 saturated heterocycles. The van der Waals surface area contributed by atoms with Crippen molar-refractivity contribution in [1.29, 1.82) is 0 Å². The summed E-state index contributed by atoms with van der Waals surface area (Å²) in [5.41, 5.74) is 0.850. The lowest BCUT2D eigenvalue weighted by Gasteiger charge is -2.44. The second-order valence-corrected chi connectivity index (χ2v) is 11.8. The normalized spacial score (nSPS) is 19.5. The van der Waals surface area contributed by atoms with E-state index >= 15 is 0 Å². The van der Waals surface area contributed by atoms with Crippen molar-refractivity contribution in [2.45, 2.75) is 44.1 Å². The van der Waals surface area contributed by atoms with Gasteiger partial charge in [0.1, 0.15) is 12.7 Å². The first-order valence-electron chi connectivity index (χ1n) is 17.4. The molecule has 12 nitrogen and oxygen atoms in total. The van der Waals surface area contributed by atoms with Crippen LogP contribution in [0.4, 0.5) is 0 Å². The van der Waals surface area contributed by atoms with Gasteiger partial charge in [0.2, 0.25) is 0 Å². The topological polar surface area (TPSA) is 142 Å². The Hall–Kier alpha value is -5.40. The molecule has 0 aliphatic carbocycles. The molecule has 1 fully saturated rings. The second-order valence-electron chi connectivity index (χ2n) is 11.8. The van der Waals surface area contributed by atoms with Crippen LogP contribution in [0.5, 0.6) is 0 Å². The summed E-state index contributed by atoms with van der Waals surface area (Å²) in [6, 6.07) is 32.8. The smallest absolute Gasteiger partial charge is 0.338 e. The maximum atomic E-state index is 13.7. The molecule has 1 aliphatic rings. The molecular weight excluding hydrogens is 684 g/mol. The van der Waals surface area contributed by atoms with Crippen LogP contribution in [0.1, 0.15) is 54.8 Å². The Balaban J connectivity index is 1.48. The number of hydrogen-bond donors (Lipinski definition) is 0. The molecule has 0 saturated carbocycles. The van der Waals surface area contributed by atoms with E-state index in [-0.39, 0.29) is 35.5 Å². The average Bonchev–Trinajstić information content (AvgIpc) is 3.21. The van der Waals surface area contributed by atoms with Gasteiger partial charge in [0.05, 0.1) is 48.7 Å². The number of rotatable bonds is 18. The lowest BCUT2D eigenvalue weighted by atomic mass is 9.97. The van der Waals surface area contributed by atoms with E-state index in [1.165, 1.54) is 0 Å². The van der Waals surface area contributed by atoms with Crippen LogP contribution in [-0.4, -0.2) is 94.2 Å². The van der Waals surface area contributed by atoms with Crippen LogP contribution in [0.3, 0.4) is 0 Å². The van der Waals surface area contributed by atoms with E-state index in [1.54, 1.807) is 121 Å². The number of ether oxygens (including phenoxy) is 8. The van der Waals surface area contributed by atoms with Crippen molar-refractivity contribution in [1.82, 2.24) is 0 Å². The van der Waals surface area contributed by atoms with Gasteiger partial charge in [-0.1, -0.05) is 79.7 Å². The van der Waals surface area contributed by atoms with Crippen LogP contribution in [0.2, 0.25) is 0 Å². The maximum Gasteiger partial charge on any atom is 0.338 e. The monoisotopic (exact) mass is 726 g/mol. The lowest BCUT2D eigenvalue weighted by molar-refractivity contribution is -0.300. The molecule has 5 atom stereocenters. The highest BCUT2D eigenvalue weighted by Crippen LogP contribution is 2.32. The molecule has 278 valence electrons. The van der Waals surface area contributed by atoms with E-state index in [9.17, 15) is 19.2 Å². The third-order valence-corrected chi connectivity index (χ3v) is 7.97. The molecule has 4 aromatic carbocycles. The molecule has 5 rings (SSSR count). The number of esters is 4. The average molecular weight is 727 g/mol. The number of hydrogen-bond acceptors (Lipinski definition) is 12. The van der Waals surface area contributed by atoms with E-state index < -0.39 is 61.2 Å². The van der Waals surface area contributed by atoms with E-state index in [0.717, 1.165) is 6.42 Å².